The SMILES string of the molecule is CC(Cc1ccco1)NCCCF. The van der Waals surface area contributed by atoms with Gasteiger partial charge in [-0.15, -0.1) is 0 Å². The average Bonchev–Trinajstić information content (AvgIpc) is 2.57. The summed E-state index contributed by atoms with van der Waals surface area (Å²) < 4.78 is 17.0. The summed E-state index contributed by atoms with van der Waals surface area (Å²) in [5.74, 6) is 0.972. The maximum Gasteiger partial charge on any atom is 0.105 e. The first-order valence-electron chi connectivity index (χ1n) is 4.64. The highest BCUT2D eigenvalue weighted by Gasteiger charge is 2.03. The lowest BCUT2D eigenvalue weighted by Crippen LogP contribution is -2.29. The van der Waals surface area contributed by atoms with Crippen molar-refractivity contribution < 1.29 is 8.81 Å². The van der Waals surface area contributed by atoms with Crippen LogP contribution in [0.15, 0.2) is 22.8 Å². The van der Waals surface area contributed by atoms with E-state index in [2.05, 4.69) is 12.2 Å². The molecule has 1 rings (SSSR count). The zero-order valence-corrected chi connectivity index (χ0v) is 7.92. The fraction of sp³-hybridized carbons (Fsp3) is 0.600. The minimum Gasteiger partial charge on any atom is -0.469 e. The van der Waals surface area contributed by atoms with Crippen molar-refractivity contribution in [1.82, 2.24) is 5.32 Å². The smallest absolute Gasteiger partial charge is 0.105 e. The summed E-state index contributed by atoms with van der Waals surface area (Å²) in [6.07, 6.45) is 3.12. The third-order valence-corrected chi connectivity index (χ3v) is 1.89. The lowest BCUT2D eigenvalue weighted by atomic mass is 10.2. The molecule has 1 unspecified atom stereocenters. The topological polar surface area (TPSA) is 25.2 Å². The van der Waals surface area contributed by atoms with Crippen LogP contribution in [0.25, 0.3) is 0 Å². The van der Waals surface area contributed by atoms with Crippen molar-refractivity contribution in [2.45, 2.75) is 25.8 Å². The lowest BCUT2D eigenvalue weighted by molar-refractivity contribution is 0.424. The van der Waals surface area contributed by atoms with Crippen LogP contribution in [0.4, 0.5) is 4.39 Å². The van der Waals surface area contributed by atoms with E-state index in [9.17, 15) is 4.39 Å². The minimum atomic E-state index is -0.250. The molecule has 0 spiro atoms. The van der Waals surface area contributed by atoms with Gasteiger partial charge in [0, 0.05) is 12.5 Å². The van der Waals surface area contributed by atoms with Gasteiger partial charge in [-0.25, -0.2) is 0 Å². The minimum absolute atomic E-state index is 0.250. The summed E-state index contributed by atoms with van der Waals surface area (Å²) in [4.78, 5) is 0. The van der Waals surface area contributed by atoms with Crippen LogP contribution < -0.4 is 5.32 Å². The summed E-state index contributed by atoms with van der Waals surface area (Å²) >= 11 is 0. The molecule has 1 aromatic rings. The molecule has 74 valence electrons. The van der Waals surface area contributed by atoms with Gasteiger partial charge in [0.1, 0.15) is 5.76 Å². The Bertz CT molecular complexity index is 211. The molecule has 1 atom stereocenters. The molecular weight excluding hydrogens is 169 g/mol. The largest absolute Gasteiger partial charge is 0.469 e. The van der Waals surface area contributed by atoms with E-state index < -0.39 is 0 Å². The quantitative estimate of drug-likeness (QED) is 0.687. The number of halogens is 1. The Balaban J connectivity index is 2.14. The Hall–Kier alpha value is -0.830. The van der Waals surface area contributed by atoms with E-state index in [-0.39, 0.29) is 6.67 Å². The van der Waals surface area contributed by atoms with Crippen LogP contribution in [0.5, 0.6) is 0 Å². The molecule has 2 nitrogen and oxygen atoms in total. The summed E-state index contributed by atoms with van der Waals surface area (Å²) in [5.41, 5.74) is 0. The van der Waals surface area contributed by atoms with Gasteiger partial charge in [0.25, 0.3) is 0 Å². The molecule has 1 heterocycles. The van der Waals surface area contributed by atoms with E-state index in [0.29, 0.717) is 12.5 Å². The first kappa shape index (κ1) is 10.3. The Kier molecular flexibility index (Phi) is 4.54. The molecule has 0 saturated carbocycles. The highest BCUT2D eigenvalue weighted by Crippen LogP contribution is 2.03. The molecule has 0 amide bonds. The number of alkyl halides is 1. The van der Waals surface area contributed by atoms with Crippen LogP contribution in [0.3, 0.4) is 0 Å². The molecule has 0 radical (unpaired) electrons. The van der Waals surface area contributed by atoms with Gasteiger partial charge < -0.3 is 9.73 Å². The fourth-order valence-electron chi connectivity index (χ4n) is 1.22. The molecule has 0 fully saturated rings. The van der Waals surface area contributed by atoms with Gasteiger partial charge in [-0.3, -0.25) is 4.39 Å². The van der Waals surface area contributed by atoms with Crippen molar-refractivity contribution in [2.24, 2.45) is 0 Å². The van der Waals surface area contributed by atoms with E-state index >= 15 is 0 Å². The van der Waals surface area contributed by atoms with Crippen molar-refractivity contribution in [2.75, 3.05) is 13.2 Å². The standard InChI is InChI=1S/C10H16FNO/c1-9(12-6-3-5-11)8-10-4-2-7-13-10/h2,4,7,9,12H,3,5-6,8H2,1H3. The second kappa shape index (κ2) is 5.75. The molecule has 0 bridgehead atoms. The second-order valence-corrected chi connectivity index (χ2v) is 3.18. The van der Waals surface area contributed by atoms with Gasteiger partial charge in [-0.1, -0.05) is 0 Å². The predicted octanol–water partition coefficient (Wildman–Crippen LogP) is 2.16. The zero-order valence-electron chi connectivity index (χ0n) is 7.92. The van der Waals surface area contributed by atoms with Gasteiger partial charge in [-0.05, 0) is 32.0 Å². The molecule has 0 aliphatic rings. The number of rotatable bonds is 6. The van der Waals surface area contributed by atoms with Gasteiger partial charge in [-0.2, -0.15) is 0 Å². The predicted molar refractivity (Wildman–Crippen MR) is 50.5 cm³/mol. The first-order chi connectivity index (χ1) is 6.33. The van der Waals surface area contributed by atoms with Crippen molar-refractivity contribution in [3.05, 3.63) is 24.2 Å². The van der Waals surface area contributed by atoms with E-state index in [0.717, 1.165) is 18.7 Å². The molecule has 0 saturated heterocycles. The third kappa shape index (κ3) is 4.08. The zero-order chi connectivity index (χ0) is 9.52. The van der Waals surface area contributed by atoms with Crippen LogP contribution in [0, 0.1) is 0 Å². The summed E-state index contributed by atoms with van der Waals surface area (Å²) in [5, 5.41) is 3.22. The maximum absolute atomic E-state index is 11.8. The van der Waals surface area contributed by atoms with E-state index in [1.807, 2.05) is 12.1 Å². The number of nitrogens with one attached hydrogen (secondary N) is 1. The molecule has 0 aromatic carbocycles. The van der Waals surface area contributed by atoms with Crippen LogP contribution >= 0.6 is 0 Å². The van der Waals surface area contributed by atoms with E-state index in [4.69, 9.17) is 4.42 Å². The van der Waals surface area contributed by atoms with Crippen LogP contribution in [0.1, 0.15) is 19.1 Å². The van der Waals surface area contributed by atoms with Crippen LogP contribution in [-0.4, -0.2) is 19.3 Å². The molecule has 3 heteroatoms. The van der Waals surface area contributed by atoms with Gasteiger partial charge >= 0.3 is 0 Å². The first-order valence-corrected chi connectivity index (χ1v) is 4.64. The molecule has 0 aliphatic heterocycles. The summed E-state index contributed by atoms with van der Waals surface area (Å²) in [7, 11) is 0. The summed E-state index contributed by atoms with van der Waals surface area (Å²) in [6.45, 7) is 2.56. The lowest BCUT2D eigenvalue weighted by Gasteiger charge is -2.10. The highest BCUT2D eigenvalue weighted by molar-refractivity contribution is 4.99. The van der Waals surface area contributed by atoms with Gasteiger partial charge in [0.05, 0.1) is 12.9 Å². The Labute approximate surface area is 78.1 Å². The van der Waals surface area contributed by atoms with E-state index in [1.165, 1.54) is 0 Å². The van der Waals surface area contributed by atoms with E-state index in [1.54, 1.807) is 6.26 Å². The second-order valence-electron chi connectivity index (χ2n) is 3.18. The molecule has 13 heavy (non-hydrogen) atoms. The monoisotopic (exact) mass is 185 g/mol. The number of furan rings is 1. The van der Waals surface area contributed by atoms with Gasteiger partial charge in [0.2, 0.25) is 0 Å². The van der Waals surface area contributed by atoms with Crippen molar-refractivity contribution in [3.8, 4) is 0 Å². The maximum atomic E-state index is 11.8. The molecular formula is C10H16FNO. The molecule has 1 aromatic heterocycles. The molecule has 1 N–H and O–H groups in total. The van der Waals surface area contributed by atoms with Crippen molar-refractivity contribution in [3.63, 3.8) is 0 Å². The van der Waals surface area contributed by atoms with Gasteiger partial charge in [0.15, 0.2) is 0 Å². The highest BCUT2D eigenvalue weighted by atomic mass is 19.1. The van der Waals surface area contributed by atoms with Crippen LogP contribution in [0.2, 0.25) is 0 Å². The fourth-order valence-corrected chi connectivity index (χ4v) is 1.22. The van der Waals surface area contributed by atoms with Crippen molar-refractivity contribution in [1.29, 1.82) is 0 Å². The van der Waals surface area contributed by atoms with Crippen molar-refractivity contribution >= 4 is 0 Å². The number of hydrogen-bond donors (Lipinski definition) is 1. The average molecular weight is 185 g/mol. The Morgan fingerprint density at radius 3 is 3.08 bits per heavy atom. The Morgan fingerprint density at radius 2 is 2.46 bits per heavy atom. The number of hydrogen-bond acceptors (Lipinski definition) is 2. The summed E-state index contributed by atoms with van der Waals surface area (Å²) in [6, 6.07) is 4.18. The Morgan fingerprint density at radius 1 is 1.62 bits per heavy atom. The normalized spacial score (nSPS) is 13.1. The van der Waals surface area contributed by atoms with Crippen LogP contribution in [-0.2, 0) is 6.42 Å². The third-order valence-electron chi connectivity index (χ3n) is 1.89. The molecule has 0 aliphatic carbocycles.